The number of hydrogen-bond donors (Lipinski definition) is 1. The minimum absolute atomic E-state index is 0.0550. The smallest absolute Gasteiger partial charge is 0.324 e. The summed E-state index contributed by atoms with van der Waals surface area (Å²) in [6, 6.07) is -1.31. The van der Waals surface area contributed by atoms with Gasteiger partial charge >= 0.3 is 5.97 Å². The summed E-state index contributed by atoms with van der Waals surface area (Å²) in [6.45, 7) is 10.5. The number of rotatable bonds is 2. The molecular weight excluding hydrogens is 296 g/mol. The van der Waals surface area contributed by atoms with Gasteiger partial charge in [-0.15, -0.1) is 0 Å². The number of nitro groups is 1. The maximum Gasteiger partial charge on any atom is 0.324 e. The van der Waals surface area contributed by atoms with Gasteiger partial charge in [0.1, 0.15) is 17.7 Å². The van der Waals surface area contributed by atoms with Gasteiger partial charge in [-0.2, -0.15) is 0 Å². The molecule has 2 heterocycles. The van der Waals surface area contributed by atoms with Crippen LogP contribution >= 0.6 is 0 Å². The van der Waals surface area contributed by atoms with E-state index in [9.17, 15) is 14.9 Å². The normalized spacial score (nSPS) is 52.6. The highest BCUT2D eigenvalue weighted by molar-refractivity contribution is 5.79. The van der Waals surface area contributed by atoms with Crippen LogP contribution in [0.3, 0.4) is 0 Å². The Bertz CT molecular complexity index is 603. The molecule has 4 fully saturated rings. The summed E-state index contributed by atoms with van der Waals surface area (Å²) < 4.78 is 5.88. The first-order chi connectivity index (χ1) is 10.6. The maximum absolute atomic E-state index is 12.6. The number of hydrogen-bond acceptors (Lipinski definition) is 5. The molecule has 0 aromatic rings. The largest absolute Gasteiger partial charge is 0.459 e. The molecule has 4 rings (SSSR count). The van der Waals surface area contributed by atoms with Gasteiger partial charge in [0.15, 0.2) is 0 Å². The molecule has 2 aliphatic heterocycles. The average Bonchev–Trinajstić information content (AvgIpc) is 2.92. The van der Waals surface area contributed by atoms with E-state index in [0.29, 0.717) is 0 Å². The van der Waals surface area contributed by atoms with Crippen molar-refractivity contribution in [2.75, 3.05) is 0 Å². The SMILES string of the molecule is CC(C)[C@H]1[C@H]([N+](=O)[O-])[C@]23N[C@H]1C(=O)O[C@H]2[C@@H]1CC[C@]3(C)C1(C)C. The third-order valence-electron chi connectivity index (χ3n) is 8.14. The number of ether oxygens (including phenoxy) is 1. The molecular formula is C17H26N2O4. The molecule has 1 N–H and O–H groups in total. The van der Waals surface area contributed by atoms with Gasteiger partial charge in [-0.25, -0.2) is 0 Å². The molecule has 1 spiro atoms. The van der Waals surface area contributed by atoms with Crippen molar-refractivity contribution in [2.24, 2.45) is 28.6 Å². The van der Waals surface area contributed by atoms with Crippen molar-refractivity contribution in [3.05, 3.63) is 10.1 Å². The van der Waals surface area contributed by atoms with E-state index in [1.807, 2.05) is 13.8 Å². The molecule has 0 radical (unpaired) electrons. The van der Waals surface area contributed by atoms with Crippen molar-refractivity contribution in [1.29, 1.82) is 0 Å². The summed E-state index contributed by atoms with van der Waals surface area (Å²) in [5, 5.41) is 15.6. The van der Waals surface area contributed by atoms with E-state index in [0.717, 1.165) is 12.8 Å². The van der Waals surface area contributed by atoms with Crippen molar-refractivity contribution < 1.29 is 14.5 Å². The van der Waals surface area contributed by atoms with Gasteiger partial charge in [-0.05, 0) is 24.2 Å². The lowest BCUT2D eigenvalue weighted by molar-refractivity contribution is -0.546. The lowest BCUT2D eigenvalue weighted by Gasteiger charge is -2.50. The van der Waals surface area contributed by atoms with Gasteiger partial charge in [-0.3, -0.25) is 20.2 Å². The van der Waals surface area contributed by atoms with Gasteiger partial charge in [0, 0.05) is 16.3 Å². The summed E-state index contributed by atoms with van der Waals surface area (Å²) in [6.07, 6.45) is 1.55. The quantitative estimate of drug-likeness (QED) is 0.478. The molecule has 4 bridgehead atoms. The molecule has 0 amide bonds. The van der Waals surface area contributed by atoms with Crippen molar-refractivity contribution >= 4 is 5.97 Å². The molecule has 2 aliphatic carbocycles. The molecule has 2 saturated heterocycles. The molecule has 0 aromatic heterocycles. The van der Waals surface area contributed by atoms with E-state index in [1.54, 1.807) is 0 Å². The predicted molar refractivity (Wildman–Crippen MR) is 83.3 cm³/mol. The lowest BCUT2D eigenvalue weighted by atomic mass is 9.59. The average molecular weight is 322 g/mol. The second-order valence-corrected chi connectivity index (χ2v) is 9.10. The summed E-state index contributed by atoms with van der Waals surface area (Å²) in [5.74, 6) is -0.354. The van der Waals surface area contributed by atoms with Gasteiger partial charge < -0.3 is 4.74 Å². The monoisotopic (exact) mass is 322 g/mol. The van der Waals surface area contributed by atoms with Crippen molar-refractivity contribution in [1.82, 2.24) is 5.32 Å². The van der Waals surface area contributed by atoms with Crippen LogP contribution in [0, 0.1) is 38.7 Å². The van der Waals surface area contributed by atoms with Crippen LogP contribution < -0.4 is 5.32 Å². The van der Waals surface area contributed by atoms with Crippen molar-refractivity contribution in [2.45, 2.75) is 71.2 Å². The number of carbonyl (C=O) groups is 1. The fourth-order valence-corrected chi connectivity index (χ4v) is 6.74. The minimum Gasteiger partial charge on any atom is -0.459 e. The molecule has 2 saturated carbocycles. The van der Waals surface area contributed by atoms with Crippen molar-refractivity contribution in [3.63, 3.8) is 0 Å². The highest BCUT2D eigenvalue weighted by Gasteiger charge is 2.85. The Labute approximate surface area is 136 Å². The van der Waals surface area contributed by atoms with Gasteiger partial charge in [0.2, 0.25) is 6.04 Å². The molecule has 0 aromatic carbocycles. The maximum atomic E-state index is 12.6. The fraction of sp³-hybridized carbons (Fsp3) is 0.941. The molecule has 23 heavy (non-hydrogen) atoms. The first-order valence-corrected chi connectivity index (χ1v) is 8.71. The molecule has 6 heteroatoms. The fourth-order valence-electron chi connectivity index (χ4n) is 6.74. The van der Waals surface area contributed by atoms with Crippen LogP contribution in [0.5, 0.6) is 0 Å². The summed E-state index contributed by atoms with van der Waals surface area (Å²) >= 11 is 0. The Morgan fingerprint density at radius 1 is 1.35 bits per heavy atom. The standard InChI is InChI=1S/C17H26N2O4/c1-8(2)10-11-14(20)23-13-9-6-7-16(5,15(9,3)4)17(13,18-11)12(10)19(21)22/h8-13,18H,6-7H2,1-5H3/t9-,10+,11+,12-,13-,16+,17-/m0/s1. The zero-order valence-electron chi connectivity index (χ0n) is 14.5. The predicted octanol–water partition coefficient (Wildman–Crippen LogP) is 2.00. The number of nitrogens with one attached hydrogen (secondary N) is 1. The van der Waals surface area contributed by atoms with Crippen molar-refractivity contribution in [3.8, 4) is 0 Å². The highest BCUT2D eigenvalue weighted by atomic mass is 16.6. The minimum atomic E-state index is -0.765. The van der Waals surface area contributed by atoms with Crippen LogP contribution in [0.15, 0.2) is 0 Å². The zero-order chi connectivity index (χ0) is 16.9. The summed E-state index contributed by atoms with van der Waals surface area (Å²) in [4.78, 5) is 24.6. The molecule has 4 aliphatic rings. The van der Waals surface area contributed by atoms with E-state index in [2.05, 4.69) is 26.1 Å². The third kappa shape index (κ3) is 1.35. The van der Waals surface area contributed by atoms with E-state index >= 15 is 0 Å². The van der Waals surface area contributed by atoms with Crippen LogP contribution in [0.4, 0.5) is 0 Å². The van der Waals surface area contributed by atoms with Crippen LogP contribution in [0.25, 0.3) is 0 Å². The van der Waals surface area contributed by atoms with E-state index in [-0.39, 0.29) is 45.6 Å². The van der Waals surface area contributed by atoms with Crippen LogP contribution in [-0.4, -0.2) is 34.6 Å². The number of morpholine rings is 1. The van der Waals surface area contributed by atoms with Gasteiger partial charge in [-0.1, -0.05) is 34.6 Å². The van der Waals surface area contributed by atoms with Gasteiger partial charge in [0.25, 0.3) is 0 Å². The second-order valence-electron chi connectivity index (χ2n) is 9.10. The first kappa shape index (κ1) is 15.4. The third-order valence-corrected chi connectivity index (χ3v) is 8.14. The van der Waals surface area contributed by atoms with E-state index < -0.39 is 17.6 Å². The second kappa shape index (κ2) is 4.08. The van der Waals surface area contributed by atoms with Gasteiger partial charge in [0.05, 0.1) is 5.92 Å². The molecule has 6 nitrogen and oxygen atoms in total. The zero-order valence-corrected chi connectivity index (χ0v) is 14.5. The lowest BCUT2D eigenvalue weighted by Crippen LogP contribution is -2.71. The number of esters is 1. The van der Waals surface area contributed by atoms with E-state index in [1.165, 1.54) is 0 Å². The van der Waals surface area contributed by atoms with Crippen LogP contribution in [-0.2, 0) is 9.53 Å². The summed E-state index contributed by atoms with van der Waals surface area (Å²) in [7, 11) is 0. The Morgan fingerprint density at radius 2 is 2.00 bits per heavy atom. The Morgan fingerprint density at radius 3 is 2.57 bits per heavy atom. The highest BCUT2D eigenvalue weighted by Crippen LogP contribution is 2.74. The number of fused-ring (bicyclic) bond motifs is 4. The number of carbonyl (C=O) groups excluding carboxylic acids is 1. The van der Waals surface area contributed by atoms with Crippen LogP contribution in [0.2, 0.25) is 0 Å². The topological polar surface area (TPSA) is 81.5 Å². The van der Waals surface area contributed by atoms with Crippen LogP contribution in [0.1, 0.15) is 47.5 Å². The first-order valence-electron chi connectivity index (χ1n) is 8.71. The Balaban J connectivity index is 1.96. The van der Waals surface area contributed by atoms with E-state index in [4.69, 9.17) is 4.74 Å². The molecule has 0 unspecified atom stereocenters. The molecule has 128 valence electrons. The Hall–Kier alpha value is -1.17. The summed E-state index contributed by atoms with van der Waals surface area (Å²) in [5.41, 5.74) is -1.05. The Kier molecular flexibility index (Phi) is 2.72. The molecule has 7 atom stereocenters. The number of nitrogens with zero attached hydrogens (tertiary/aromatic N) is 1.